The normalized spacial score (nSPS) is 22.4. The van der Waals surface area contributed by atoms with Crippen molar-refractivity contribution in [2.75, 3.05) is 6.61 Å². The first-order valence-corrected chi connectivity index (χ1v) is 7.67. The van der Waals surface area contributed by atoms with E-state index in [0.29, 0.717) is 6.04 Å². The van der Waals surface area contributed by atoms with Gasteiger partial charge in [-0.2, -0.15) is 0 Å². The Morgan fingerprint density at radius 3 is 2.58 bits per heavy atom. The van der Waals surface area contributed by atoms with Gasteiger partial charge in [0.15, 0.2) is 0 Å². The van der Waals surface area contributed by atoms with Crippen LogP contribution >= 0.6 is 11.6 Å². The molecule has 1 aromatic rings. The molecule has 0 radical (unpaired) electrons. The molecule has 0 saturated carbocycles. The number of halogens is 1. The Labute approximate surface area is 121 Å². The van der Waals surface area contributed by atoms with E-state index in [4.69, 9.17) is 16.3 Å². The second-order valence-corrected chi connectivity index (χ2v) is 5.87. The predicted octanol–water partition coefficient (Wildman–Crippen LogP) is 4.17. The van der Waals surface area contributed by atoms with Gasteiger partial charge in [-0.05, 0) is 43.4 Å². The Morgan fingerprint density at radius 2 is 1.95 bits per heavy atom. The maximum atomic E-state index is 6.00. The third-order valence-corrected chi connectivity index (χ3v) is 4.54. The van der Waals surface area contributed by atoms with E-state index >= 15 is 0 Å². The molecule has 2 rings (SSSR count). The summed E-state index contributed by atoms with van der Waals surface area (Å²) in [4.78, 5) is 0. The van der Waals surface area contributed by atoms with Gasteiger partial charge in [-0.15, -0.1) is 0 Å². The van der Waals surface area contributed by atoms with E-state index in [9.17, 15) is 0 Å². The highest BCUT2D eigenvalue weighted by Crippen LogP contribution is 2.31. The van der Waals surface area contributed by atoms with Crippen molar-refractivity contribution in [1.29, 1.82) is 0 Å². The molecule has 1 heterocycles. The molecular weight excluding hydrogens is 258 g/mol. The fourth-order valence-corrected chi connectivity index (χ4v) is 2.94. The van der Waals surface area contributed by atoms with E-state index in [2.05, 4.69) is 31.3 Å². The Morgan fingerprint density at radius 1 is 1.26 bits per heavy atom. The largest absolute Gasteiger partial charge is 0.375 e. The fraction of sp³-hybridized carbons (Fsp3) is 0.625. The maximum absolute atomic E-state index is 6.00. The van der Waals surface area contributed by atoms with Gasteiger partial charge in [-0.25, -0.2) is 0 Å². The van der Waals surface area contributed by atoms with Crippen LogP contribution in [0.15, 0.2) is 24.3 Å². The molecule has 0 bridgehead atoms. The summed E-state index contributed by atoms with van der Waals surface area (Å²) in [5.74, 6) is 0. The van der Waals surface area contributed by atoms with E-state index in [1.807, 2.05) is 12.1 Å². The van der Waals surface area contributed by atoms with Crippen LogP contribution in [0.5, 0.6) is 0 Å². The van der Waals surface area contributed by atoms with Gasteiger partial charge in [0, 0.05) is 24.2 Å². The average molecular weight is 282 g/mol. The van der Waals surface area contributed by atoms with Gasteiger partial charge in [0.2, 0.25) is 0 Å². The number of ether oxygens (including phenoxy) is 1. The summed E-state index contributed by atoms with van der Waals surface area (Å²) in [6.07, 6.45) is 4.42. The van der Waals surface area contributed by atoms with Gasteiger partial charge in [-0.1, -0.05) is 37.6 Å². The molecular formula is C16H24ClNO. The Hall–Kier alpha value is -0.570. The predicted molar refractivity (Wildman–Crippen MR) is 80.6 cm³/mol. The number of hydrogen-bond acceptors (Lipinski definition) is 2. The topological polar surface area (TPSA) is 21.3 Å². The van der Waals surface area contributed by atoms with Crippen LogP contribution < -0.4 is 5.32 Å². The highest BCUT2D eigenvalue weighted by atomic mass is 35.5. The molecule has 2 nitrogen and oxygen atoms in total. The molecule has 1 N–H and O–H groups in total. The van der Waals surface area contributed by atoms with Crippen LogP contribution in [0.3, 0.4) is 0 Å². The van der Waals surface area contributed by atoms with E-state index in [0.717, 1.165) is 43.9 Å². The lowest BCUT2D eigenvalue weighted by Gasteiger charge is -2.40. The Bertz CT molecular complexity index is 386. The van der Waals surface area contributed by atoms with E-state index in [1.54, 1.807) is 0 Å². The zero-order chi connectivity index (χ0) is 13.7. The van der Waals surface area contributed by atoms with Crippen molar-refractivity contribution in [2.24, 2.45) is 0 Å². The molecule has 106 valence electrons. The molecule has 1 unspecified atom stereocenters. The van der Waals surface area contributed by atoms with Crippen molar-refractivity contribution >= 4 is 11.6 Å². The van der Waals surface area contributed by atoms with Crippen molar-refractivity contribution in [2.45, 2.75) is 57.7 Å². The van der Waals surface area contributed by atoms with Gasteiger partial charge in [0.1, 0.15) is 0 Å². The van der Waals surface area contributed by atoms with Crippen LogP contribution in [0.2, 0.25) is 5.02 Å². The first-order valence-electron chi connectivity index (χ1n) is 7.29. The second kappa shape index (κ2) is 6.74. The van der Waals surface area contributed by atoms with Gasteiger partial charge in [-0.3, -0.25) is 0 Å². The zero-order valence-electron chi connectivity index (χ0n) is 11.9. The molecule has 1 saturated heterocycles. The van der Waals surface area contributed by atoms with Gasteiger partial charge < -0.3 is 10.1 Å². The molecule has 1 atom stereocenters. The number of hydrogen-bond donors (Lipinski definition) is 1. The van der Waals surface area contributed by atoms with Crippen LogP contribution in [0.1, 0.15) is 45.1 Å². The smallest absolute Gasteiger partial charge is 0.0692 e. The van der Waals surface area contributed by atoms with E-state index in [1.165, 1.54) is 5.56 Å². The summed E-state index contributed by atoms with van der Waals surface area (Å²) in [5, 5.41) is 4.45. The summed E-state index contributed by atoms with van der Waals surface area (Å²) in [5.41, 5.74) is 1.38. The number of rotatable bonds is 5. The lowest BCUT2D eigenvalue weighted by Crippen LogP contribution is -2.46. The molecule has 0 spiro atoms. The van der Waals surface area contributed by atoms with Gasteiger partial charge >= 0.3 is 0 Å². The summed E-state index contributed by atoms with van der Waals surface area (Å²) in [7, 11) is 0. The molecule has 1 fully saturated rings. The fourth-order valence-electron chi connectivity index (χ4n) is 2.81. The van der Waals surface area contributed by atoms with Crippen LogP contribution in [0, 0.1) is 0 Å². The standard InChI is InChI=1S/C16H24ClNO/c1-3-16(4-2)11-15(9-10-19-16)18-12-13-5-7-14(17)8-6-13/h5-8,15,18H,3-4,9-12H2,1-2H3. The van der Waals surface area contributed by atoms with Crippen LogP contribution in [-0.2, 0) is 11.3 Å². The lowest BCUT2D eigenvalue weighted by molar-refractivity contribution is -0.0932. The van der Waals surface area contributed by atoms with Crippen LogP contribution in [-0.4, -0.2) is 18.2 Å². The Balaban J connectivity index is 1.87. The van der Waals surface area contributed by atoms with E-state index < -0.39 is 0 Å². The van der Waals surface area contributed by atoms with E-state index in [-0.39, 0.29) is 5.60 Å². The molecule has 0 aliphatic carbocycles. The minimum absolute atomic E-state index is 0.0932. The molecule has 1 aliphatic heterocycles. The zero-order valence-corrected chi connectivity index (χ0v) is 12.7. The summed E-state index contributed by atoms with van der Waals surface area (Å²) >= 11 is 5.90. The van der Waals surface area contributed by atoms with Crippen molar-refractivity contribution in [3.63, 3.8) is 0 Å². The number of nitrogens with one attached hydrogen (secondary N) is 1. The van der Waals surface area contributed by atoms with Crippen molar-refractivity contribution in [1.82, 2.24) is 5.32 Å². The monoisotopic (exact) mass is 281 g/mol. The summed E-state index contributed by atoms with van der Waals surface area (Å²) in [6.45, 7) is 6.24. The molecule has 3 heteroatoms. The SMILES string of the molecule is CCC1(CC)CC(NCc2ccc(Cl)cc2)CCO1. The molecule has 19 heavy (non-hydrogen) atoms. The van der Waals surface area contributed by atoms with Crippen molar-refractivity contribution in [3.05, 3.63) is 34.9 Å². The minimum atomic E-state index is 0.0932. The number of benzene rings is 1. The second-order valence-electron chi connectivity index (χ2n) is 5.44. The summed E-state index contributed by atoms with van der Waals surface area (Å²) in [6, 6.07) is 8.63. The summed E-state index contributed by atoms with van der Waals surface area (Å²) < 4.78 is 6.00. The van der Waals surface area contributed by atoms with Crippen LogP contribution in [0.25, 0.3) is 0 Å². The lowest BCUT2D eigenvalue weighted by atomic mass is 9.86. The van der Waals surface area contributed by atoms with Crippen molar-refractivity contribution < 1.29 is 4.74 Å². The van der Waals surface area contributed by atoms with Crippen molar-refractivity contribution in [3.8, 4) is 0 Å². The highest BCUT2D eigenvalue weighted by molar-refractivity contribution is 6.30. The maximum Gasteiger partial charge on any atom is 0.0692 e. The molecule has 0 aromatic heterocycles. The quantitative estimate of drug-likeness (QED) is 0.875. The average Bonchev–Trinajstić information content (AvgIpc) is 2.47. The Kier molecular flexibility index (Phi) is 5.26. The molecule has 0 amide bonds. The highest BCUT2D eigenvalue weighted by Gasteiger charge is 2.34. The first kappa shape index (κ1) is 14.8. The van der Waals surface area contributed by atoms with Gasteiger partial charge in [0.25, 0.3) is 0 Å². The van der Waals surface area contributed by atoms with Gasteiger partial charge in [0.05, 0.1) is 5.60 Å². The third-order valence-electron chi connectivity index (χ3n) is 4.29. The third kappa shape index (κ3) is 3.95. The van der Waals surface area contributed by atoms with Crippen LogP contribution in [0.4, 0.5) is 0 Å². The molecule has 1 aliphatic rings. The first-order chi connectivity index (χ1) is 9.17. The molecule has 1 aromatic carbocycles. The minimum Gasteiger partial charge on any atom is -0.375 e.